The quantitative estimate of drug-likeness (QED) is 0.841. The Hall–Kier alpha value is -1.56. The van der Waals surface area contributed by atoms with Crippen LogP contribution < -0.4 is 10.6 Å². The summed E-state index contributed by atoms with van der Waals surface area (Å²) < 4.78 is 37.5. The standard InChI is InChI=1S/C13H16F3N3/c1-9(17)10-2-3-12(18-8-10)19-6-4-11(5-7-19)13(14,15)16/h2-4,8-9H,5-7,17H2,1H3. The molecule has 1 unspecified atom stereocenters. The van der Waals surface area contributed by atoms with Crippen molar-refractivity contribution in [1.82, 2.24) is 4.98 Å². The van der Waals surface area contributed by atoms with E-state index in [0.29, 0.717) is 12.4 Å². The SMILES string of the molecule is CC(N)c1ccc(N2CC=C(C(F)(F)F)CC2)nc1. The van der Waals surface area contributed by atoms with Crippen LogP contribution in [-0.4, -0.2) is 24.2 Å². The first-order valence-corrected chi connectivity index (χ1v) is 6.10. The third-order valence-electron chi connectivity index (χ3n) is 3.19. The fraction of sp³-hybridized carbons (Fsp3) is 0.462. The number of rotatable bonds is 2. The third-order valence-corrected chi connectivity index (χ3v) is 3.19. The fourth-order valence-corrected chi connectivity index (χ4v) is 1.99. The first-order valence-electron chi connectivity index (χ1n) is 6.10. The number of aromatic nitrogens is 1. The average molecular weight is 271 g/mol. The van der Waals surface area contributed by atoms with Crippen molar-refractivity contribution >= 4 is 5.82 Å². The molecule has 0 amide bonds. The van der Waals surface area contributed by atoms with Crippen molar-refractivity contribution in [1.29, 1.82) is 0 Å². The van der Waals surface area contributed by atoms with Crippen molar-refractivity contribution in [2.24, 2.45) is 5.73 Å². The minimum absolute atomic E-state index is 0.000221. The maximum absolute atomic E-state index is 12.5. The van der Waals surface area contributed by atoms with Crippen LogP contribution in [0.25, 0.3) is 0 Å². The monoisotopic (exact) mass is 271 g/mol. The lowest BCUT2D eigenvalue weighted by Crippen LogP contribution is -2.32. The highest BCUT2D eigenvalue weighted by atomic mass is 19.4. The average Bonchev–Trinajstić information content (AvgIpc) is 2.38. The summed E-state index contributed by atoms with van der Waals surface area (Å²) in [4.78, 5) is 6.07. The molecule has 1 aliphatic heterocycles. The minimum atomic E-state index is -4.21. The van der Waals surface area contributed by atoms with Crippen molar-refractivity contribution in [3.63, 3.8) is 0 Å². The lowest BCUT2D eigenvalue weighted by Gasteiger charge is -2.28. The Kier molecular flexibility index (Phi) is 3.80. The zero-order chi connectivity index (χ0) is 14.0. The molecule has 2 rings (SSSR count). The first kappa shape index (κ1) is 13.9. The number of alkyl halides is 3. The van der Waals surface area contributed by atoms with Gasteiger partial charge in [0.15, 0.2) is 0 Å². The Balaban J connectivity index is 2.07. The molecule has 19 heavy (non-hydrogen) atoms. The normalized spacial score (nSPS) is 18.2. The molecule has 0 aromatic carbocycles. The number of anilines is 1. The van der Waals surface area contributed by atoms with E-state index in [1.807, 2.05) is 17.9 Å². The van der Waals surface area contributed by atoms with Gasteiger partial charge in [-0.2, -0.15) is 13.2 Å². The van der Waals surface area contributed by atoms with E-state index in [9.17, 15) is 13.2 Å². The zero-order valence-electron chi connectivity index (χ0n) is 10.6. The van der Waals surface area contributed by atoms with Crippen LogP contribution >= 0.6 is 0 Å². The van der Waals surface area contributed by atoms with E-state index in [4.69, 9.17) is 5.73 Å². The number of hydrogen-bond donors (Lipinski definition) is 1. The maximum atomic E-state index is 12.5. The van der Waals surface area contributed by atoms with Crippen molar-refractivity contribution in [3.05, 3.63) is 35.5 Å². The largest absolute Gasteiger partial charge is 0.412 e. The van der Waals surface area contributed by atoms with Gasteiger partial charge in [0.2, 0.25) is 0 Å². The zero-order valence-corrected chi connectivity index (χ0v) is 10.6. The fourth-order valence-electron chi connectivity index (χ4n) is 1.99. The van der Waals surface area contributed by atoms with E-state index < -0.39 is 11.7 Å². The van der Waals surface area contributed by atoms with Gasteiger partial charge in [-0.15, -0.1) is 0 Å². The Bertz CT molecular complexity index is 463. The smallest absolute Gasteiger partial charge is 0.353 e. The summed E-state index contributed by atoms with van der Waals surface area (Å²) in [6, 6.07) is 3.56. The van der Waals surface area contributed by atoms with E-state index in [1.54, 1.807) is 12.3 Å². The van der Waals surface area contributed by atoms with E-state index in [1.165, 1.54) is 6.08 Å². The van der Waals surface area contributed by atoms with Crippen LogP contribution in [0, 0.1) is 0 Å². The van der Waals surface area contributed by atoms with Crippen LogP contribution in [0.5, 0.6) is 0 Å². The van der Waals surface area contributed by atoms with Crippen molar-refractivity contribution in [2.75, 3.05) is 18.0 Å². The molecule has 0 spiro atoms. The van der Waals surface area contributed by atoms with Gasteiger partial charge in [-0.05, 0) is 25.0 Å². The van der Waals surface area contributed by atoms with Crippen molar-refractivity contribution in [2.45, 2.75) is 25.6 Å². The minimum Gasteiger partial charge on any atom is -0.353 e. The van der Waals surface area contributed by atoms with Gasteiger partial charge in [-0.25, -0.2) is 4.98 Å². The van der Waals surface area contributed by atoms with Gasteiger partial charge in [-0.3, -0.25) is 0 Å². The van der Waals surface area contributed by atoms with E-state index in [-0.39, 0.29) is 19.0 Å². The molecule has 2 N–H and O–H groups in total. The Labute approximate surface area is 109 Å². The van der Waals surface area contributed by atoms with Crippen LogP contribution in [0.4, 0.5) is 19.0 Å². The van der Waals surface area contributed by atoms with Gasteiger partial charge in [-0.1, -0.05) is 12.1 Å². The number of halogens is 3. The second-order valence-electron chi connectivity index (χ2n) is 4.66. The predicted octanol–water partition coefficient (Wildman–Crippen LogP) is 2.80. The molecule has 0 aliphatic carbocycles. The number of nitrogens with two attached hydrogens (primary N) is 1. The highest BCUT2D eigenvalue weighted by molar-refractivity contribution is 5.42. The van der Waals surface area contributed by atoms with Crippen LogP contribution in [0.2, 0.25) is 0 Å². The lowest BCUT2D eigenvalue weighted by molar-refractivity contribution is -0.0944. The van der Waals surface area contributed by atoms with Gasteiger partial charge in [0.1, 0.15) is 5.82 Å². The van der Waals surface area contributed by atoms with Gasteiger partial charge in [0.25, 0.3) is 0 Å². The molecule has 0 saturated heterocycles. The molecule has 1 aliphatic rings. The van der Waals surface area contributed by atoms with E-state index in [2.05, 4.69) is 4.98 Å². The first-order chi connectivity index (χ1) is 8.88. The molecule has 0 saturated carbocycles. The molecule has 0 bridgehead atoms. The summed E-state index contributed by atoms with van der Waals surface area (Å²) in [5, 5.41) is 0. The molecule has 2 heterocycles. The Morgan fingerprint density at radius 1 is 1.37 bits per heavy atom. The molecule has 1 aromatic rings. The Morgan fingerprint density at radius 3 is 2.53 bits per heavy atom. The summed E-state index contributed by atoms with van der Waals surface area (Å²) in [6.45, 7) is 2.42. The summed E-state index contributed by atoms with van der Waals surface area (Å²) >= 11 is 0. The maximum Gasteiger partial charge on any atom is 0.412 e. The van der Waals surface area contributed by atoms with E-state index in [0.717, 1.165) is 5.56 Å². The molecule has 104 valence electrons. The molecular formula is C13H16F3N3. The summed E-state index contributed by atoms with van der Waals surface area (Å²) in [6.07, 6.45) is -1.31. The van der Waals surface area contributed by atoms with Crippen molar-refractivity contribution < 1.29 is 13.2 Å². The van der Waals surface area contributed by atoms with Gasteiger partial charge in [0.05, 0.1) is 0 Å². The van der Waals surface area contributed by atoms with E-state index >= 15 is 0 Å². The summed E-state index contributed by atoms with van der Waals surface area (Å²) in [7, 11) is 0. The van der Waals surface area contributed by atoms with Crippen LogP contribution in [0.1, 0.15) is 24.9 Å². The second-order valence-corrected chi connectivity index (χ2v) is 4.66. The van der Waals surface area contributed by atoms with Gasteiger partial charge < -0.3 is 10.6 Å². The van der Waals surface area contributed by atoms with Crippen LogP contribution in [0.3, 0.4) is 0 Å². The molecule has 6 heteroatoms. The molecule has 1 atom stereocenters. The molecule has 1 aromatic heterocycles. The molecule has 0 fully saturated rings. The Morgan fingerprint density at radius 2 is 2.11 bits per heavy atom. The number of hydrogen-bond acceptors (Lipinski definition) is 3. The highest BCUT2D eigenvalue weighted by Crippen LogP contribution is 2.31. The number of nitrogens with zero attached hydrogens (tertiary/aromatic N) is 2. The number of pyridine rings is 1. The molecule has 3 nitrogen and oxygen atoms in total. The summed E-state index contributed by atoms with van der Waals surface area (Å²) in [5.74, 6) is 0.682. The lowest BCUT2D eigenvalue weighted by atomic mass is 10.1. The molecule has 0 radical (unpaired) electrons. The van der Waals surface area contributed by atoms with Crippen LogP contribution in [-0.2, 0) is 0 Å². The highest BCUT2D eigenvalue weighted by Gasteiger charge is 2.34. The topological polar surface area (TPSA) is 42.1 Å². The van der Waals surface area contributed by atoms with Gasteiger partial charge >= 0.3 is 6.18 Å². The predicted molar refractivity (Wildman–Crippen MR) is 67.8 cm³/mol. The third kappa shape index (κ3) is 3.26. The second kappa shape index (κ2) is 5.21. The molecular weight excluding hydrogens is 255 g/mol. The van der Waals surface area contributed by atoms with Crippen LogP contribution in [0.15, 0.2) is 30.0 Å². The van der Waals surface area contributed by atoms with Crippen molar-refractivity contribution in [3.8, 4) is 0 Å². The summed E-state index contributed by atoms with van der Waals surface area (Å²) in [5.41, 5.74) is 6.18. The van der Waals surface area contributed by atoms with Gasteiger partial charge in [0, 0.05) is 30.9 Å².